The van der Waals surface area contributed by atoms with E-state index in [2.05, 4.69) is 13.8 Å². The van der Waals surface area contributed by atoms with Gasteiger partial charge in [0.15, 0.2) is 0 Å². The molecule has 0 saturated heterocycles. The lowest BCUT2D eigenvalue weighted by molar-refractivity contribution is 0.199. The highest BCUT2D eigenvalue weighted by molar-refractivity contribution is 6.25. The van der Waals surface area contributed by atoms with Crippen LogP contribution >= 0.6 is 11.6 Å². The first-order valence-electron chi connectivity index (χ1n) is 7.22. The first kappa shape index (κ1) is 17.7. The van der Waals surface area contributed by atoms with E-state index in [1.54, 1.807) is 6.08 Å². The summed E-state index contributed by atoms with van der Waals surface area (Å²) >= 11 is 5.53. The Balaban J connectivity index is 3.54. The van der Waals surface area contributed by atoms with Gasteiger partial charge in [-0.2, -0.15) is 0 Å². The standard InChI is InChI=1S/C16H29ClO/c1-4-15(12-13-17)16(18)11-9-7-5-6-8-10-14(2)3/h4,12-14,16,18H,5-11H2,1-3H3. The lowest BCUT2D eigenvalue weighted by Gasteiger charge is -2.11. The summed E-state index contributed by atoms with van der Waals surface area (Å²) in [6.45, 7) is 6.49. The molecule has 0 aromatic rings. The highest BCUT2D eigenvalue weighted by Gasteiger charge is 2.06. The molecule has 0 radical (unpaired) electrons. The van der Waals surface area contributed by atoms with Crippen LogP contribution in [0.15, 0.2) is 23.3 Å². The van der Waals surface area contributed by atoms with Crippen molar-refractivity contribution in [2.24, 2.45) is 5.92 Å². The van der Waals surface area contributed by atoms with Gasteiger partial charge in [-0.3, -0.25) is 0 Å². The minimum atomic E-state index is -0.360. The lowest BCUT2D eigenvalue weighted by Crippen LogP contribution is -2.08. The summed E-state index contributed by atoms with van der Waals surface area (Å²) in [4.78, 5) is 0. The Morgan fingerprint density at radius 2 is 1.61 bits per heavy atom. The van der Waals surface area contributed by atoms with Gasteiger partial charge >= 0.3 is 0 Å². The minimum absolute atomic E-state index is 0.360. The Hall–Kier alpha value is -0.270. The van der Waals surface area contributed by atoms with Crippen molar-refractivity contribution in [3.05, 3.63) is 23.3 Å². The van der Waals surface area contributed by atoms with Gasteiger partial charge in [0.2, 0.25) is 0 Å². The highest BCUT2D eigenvalue weighted by atomic mass is 35.5. The fourth-order valence-corrected chi connectivity index (χ4v) is 2.21. The second-order valence-corrected chi connectivity index (χ2v) is 5.59. The van der Waals surface area contributed by atoms with E-state index in [0.717, 1.165) is 24.3 Å². The average Bonchev–Trinajstić information content (AvgIpc) is 2.34. The number of halogens is 1. The van der Waals surface area contributed by atoms with Crippen LogP contribution in [0.4, 0.5) is 0 Å². The van der Waals surface area contributed by atoms with Crippen LogP contribution in [0, 0.1) is 5.92 Å². The zero-order valence-corrected chi connectivity index (χ0v) is 12.9. The van der Waals surface area contributed by atoms with Gasteiger partial charge in [-0.05, 0) is 30.9 Å². The van der Waals surface area contributed by atoms with Gasteiger partial charge in [0, 0.05) is 5.54 Å². The van der Waals surface area contributed by atoms with Crippen molar-refractivity contribution in [1.29, 1.82) is 0 Å². The summed E-state index contributed by atoms with van der Waals surface area (Å²) in [7, 11) is 0. The molecule has 1 unspecified atom stereocenters. The number of allylic oxidation sites excluding steroid dienone is 1. The van der Waals surface area contributed by atoms with Gasteiger partial charge in [-0.25, -0.2) is 0 Å². The molecule has 0 aromatic heterocycles. The zero-order chi connectivity index (χ0) is 13.8. The molecule has 0 rings (SSSR count). The summed E-state index contributed by atoms with van der Waals surface area (Å²) in [5, 5.41) is 9.94. The molecule has 0 bridgehead atoms. The van der Waals surface area contributed by atoms with Crippen molar-refractivity contribution in [1.82, 2.24) is 0 Å². The van der Waals surface area contributed by atoms with Gasteiger partial charge in [0.1, 0.15) is 0 Å². The van der Waals surface area contributed by atoms with Crippen molar-refractivity contribution >= 4 is 11.6 Å². The first-order valence-corrected chi connectivity index (χ1v) is 7.66. The van der Waals surface area contributed by atoms with E-state index in [9.17, 15) is 5.11 Å². The second kappa shape index (κ2) is 11.8. The molecule has 0 spiro atoms. The summed E-state index contributed by atoms with van der Waals surface area (Å²) < 4.78 is 0. The van der Waals surface area contributed by atoms with Crippen LogP contribution in [0.3, 0.4) is 0 Å². The maximum atomic E-state index is 9.94. The van der Waals surface area contributed by atoms with Crippen LogP contribution in [0.5, 0.6) is 0 Å². The fourth-order valence-electron chi connectivity index (χ4n) is 2.06. The van der Waals surface area contributed by atoms with E-state index in [0.29, 0.717) is 0 Å². The molecule has 0 amide bonds. The molecule has 18 heavy (non-hydrogen) atoms. The molecule has 0 aromatic carbocycles. The topological polar surface area (TPSA) is 20.2 Å². The highest BCUT2D eigenvalue weighted by Crippen LogP contribution is 2.15. The Kier molecular flexibility index (Phi) is 11.6. The first-order chi connectivity index (χ1) is 8.61. The van der Waals surface area contributed by atoms with Gasteiger partial charge in [-0.1, -0.05) is 70.0 Å². The Morgan fingerprint density at radius 3 is 2.11 bits per heavy atom. The molecular formula is C16H29ClO. The fraction of sp³-hybridized carbons (Fsp3) is 0.750. The van der Waals surface area contributed by atoms with Crippen LogP contribution in [-0.4, -0.2) is 11.2 Å². The van der Waals surface area contributed by atoms with Crippen molar-refractivity contribution in [3.63, 3.8) is 0 Å². The molecule has 106 valence electrons. The Morgan fingerprint density at radius 1 is 1.06 bits per heavy atom. The van der Waals surface area contributed by atoms with Crippen LogP contribution in [0.2, 0.25) is 0 Å². The third-order valence-corrected chi connectivity index (χ3v) is 3.36. The van der Waals surface area contributed by atoms with E-state index in [4.69, 9.17) is 11.6 Å². The predicted molar refractivity (Wildman–Crippen MR) is 81.9 cm³/mol. The van der Waals surface area contributed by atoms with Crippen molar-refractivity contribution in [3.8, 4) is 0 Å². The van der Waals surface area contributed by atoms with E-state index in [1.165, 1.54) is 37.6 Å². The summed E-state index contributed by atoms with van der Waals surface area (Å²) in [6, 6.07) is 0. The predicted octanol–water partition coefficient (Wildman–Crippen LogP) is 5.43. The van der Waals surface area contributed by atoms with E-state index in [-0.39, 0.29) is 6.10 Å². The van der Waals surface area contributed by atoms with Gasteiger partial charge in [-0.15, -0.1) is 0 Å². The normalized spacial score (nSPS) is 14.7. The smallest absolute Gasteiger partial charge is 0.0787 e. The minimum Gasteiger partial charge on any atom is -0.388 e. The van der Waals surface area contributed by atoms with Gasteiger partial charge < -0.3 is 5.11 Å². The Bertz CT molecular complexity index is 243. The number of hydrogen-bond acceptors (Lipinski definition) is 1. The third kappa shape index (κ3) is 9.73. The number of hydrogen-bond donors (Lipinski definition) is 1. The SMILES string of the molecule is CC=C(C=CCl)C(O)CCCCCCCC(C)C. The Labute approximate surface area is 118 Å². The number of unbranched alkanes of at least 4 members (excludes halogenated alkanes) is 4. The molecule has 0 aliphatic heterocycles. The maximum Gasteiger partial charge on any atom is 0.0787 e. The lowest BCUT2D eigenvalue weighted by atomic mass is 10.0. The molecule has 1 atom stereocenters. The maximum absolute atomic E-state index is 9.94. The molecule has 0 heterocycles. The monoisotopic (exact) mass is 272 g/mol. The van der Waals surface area contributed by atoms with E-state index < -0.39 is 0 Å². The number of rotatable bonds is 10. The van der Waals surface area contributed by atoms with Crippen molar-refractivity contribution in [2.45, 2.75) is 71.8 Å². The van der Waals surface area contributed by atoms with Crippen LogP contribution in [-0.2, 0) is 0 Å². The average molecular weight is 273 g/mol. The van der Waals surface area contributed by atoms with Crippen molar-refractivity contribution in [2.75, 3.05) is 0 Å². The second-order valence-electron chi connectivity index (χ2n) is 5.34. The summed E-state index contributed by atoms with van der Waals surface area (Å²) in [5.41, 5.74) is 2.38. The van der Waals surface area contributed by atoms with Gasteiger partial charge in [0.05, 0.1) is 6.10 Å². The molecule has 1 N–H and O–H groups in total. The summed E-state index contributed by atoms with van der Waals surface area (Å²) in [5.74, 6) is 0.825. The number of aliphatic hydroxyl groups excluding tert-OH is 1. The van der Waals surface area contributed by atoms with Crippen LogP contribution in [0.1, 0.15) is 65.7 Å². The van der Waals surface area contributed by atoms with E-state index >= 15 is 0 Å². The molecule has 2 heteroatoms. The number of aliphatic hydroxyl groups is 1. The van der Waals surface area contributed by atoms with Crippen LogP contribution < -0.4 is 0 Å². The molecule has 1 nitrogen and oxygen atoms in total. The zero-order valence-electron chi connectivity index (χ0n) is 12.2. The molecule has 0 saturated carbocycles. The largest absolute Gasteiger partial charge is 0.388 e. The molecule has 0 aliphatic carbocycles. The van der Waals surface area contributed by atoms with Gasteiger partial charge in [0.25, 0.3) is 0 Å². The van der Waals surface area contributed by atoms with Crippen molar-refractivity contribution < 1.29 is 5.11 Å². The molecule has 0 aliphatic rings. The quantitative estimate of drug-likeness (QED) is 0.415. The van der Waals surface area contributed by atoms with Crippen LogP contribution in [0.25, 0.3) is 0 Å². The van der Waals surface area contributed by atoms with E-state index in [1.807, 2.05) is 13.0 Å². The third-order valence-electron chi connectivity index (χ3n) is 3.23. The summed E-state index contributed by atoms with van der Waals surface area (Å²) in [6.07, 6.45) is 11.8. The molecule has 0 fully saturated rings. The molecular weight excluding hydrogens is 244 g/mol.